The second-order valence-electron chi connectivity index (χ2n) is 7.09. The number of carbonyl (C=O) groups excluding carboxylic acids is 1. The highest BCUT2D eigenvalue weighted by Crippen LogP contribution is 2.41. The second kappa shape index (κ2) is 7.32. The first-order chi connectivity index (χ1) is 14.6. The van der Waals surface area contributed by atoms with Crippen LogP contribution in [0.5, 0.6) is 5.75 Å². The maximum atomic E-state index is 12.6. The number of terminal acetylenes is 1. The Hall–Kier alpha value is -3.63. The van der Waals surface area contributed by atoms with Gasteiger partial charge in [0.25, 0.3) is 0 Å². The van der Waals surface area contributed by atoms with E-state index in [1.165, 1.54) is 0 Å². The van der Waals surface area contributed by atoms with Crippen LogP contribution in [-0.2, 0) is 4.79 Å². The predicted molar refractivity (Wildman–Crippen MR) is 117 cm³/mol. The number of hydrogen-bond donors (Lipinski definition) is 1. The summed E-state index contributed by atoms with van der Waals surface area (Å²) in [5, 5.41) is 8.48. The van der Waals surface area contributed by atoms with Gasteiger partial charge < -0.3 is 10.1 Å². The fourth-order valence-electron chi connectivity index (χ4n) is 3.84. The summed E-state index contributed by atoms with van der Waals surface area (Å²) >= 11 is 1.55. The summed E-state index contributed by atoms with van der Waals surface area (Å²) in [6, 6.07) is 15.7. The molecule has 6 nitrogen and oxygen atoms in total. The summed E-state index contributed by atoms with van der Waals surface area (Å²) in [4.78, 5) is 17.3. The van der Waals surface area contributed by atoms with Crippen LogP contribution in [0.4, 0.5) is 5.82 Å². The van der Waals surface area contributed by atoms with E-state index < -0.39 is 0 Å². The molecule has 4 aromatic rings. The molecular weight excluding hydrogens is 396 g/mol. The number of nitrogens with one attached hydrogen (secondary N) is 1. The van der Waals surface area contributed by atoms with Gasteiger partial charge >= 0.3 is 0 Å². The molecule has 1 aliphatic rings. The topological polar surface area (TPSA) is 69.0 Å². The van der Waals surface area contributed by atoms with Crippen LogP contribution < -0.4 is 10.1 Å². The number of anilines is 1. The summed E-state index contributed by atoms with van der Waals surface area (Å²) in [6.45, 7) is 2.20. The number of amides is 1. The van der Waals surface area contributed by atoms with Crippen molar-refractivity contribution in [1.82, 2.24) is 14.8 Å². The van der Waals surface area contributed by atoms with E-state index in [1.807, 2.05) is 55.5 Å². The van der Waals surface area contributed by atoms with E-state index in [0.717, 1.165) is 32.2 Å². The molecule has 7 heteroatoms. The minimum Gasteiger partial charge on any atom is -0.481 e. The minimum absolute atomic E-state index is 0.0394. The Kier molecular flexibility index (Phi) is 4.49. The normalized spacial score (nSPS) is 15.5. The molecule has 1 aliphatic heterocycles. The number of fused-ring (bicyclic) bond motifs is 2. The van der Waals surface area contributed by atoms with Crippen LogP contribution in [0, 0.1) is 19.3 Å². The maximum Gasteiger partial charge on any atom is 0.226 e. The van der Waals surface area contributed by atoms with Gasteiger partial charge in [-0.05, 0) is 36.8 Å². The highest BCUT2D eigenvalue weighted by atomic mass is 32.1. The number of ether oxygens (including phenoxy) is 1. The van der Waals surface area contributed by atoms with Crippen molar-refractivity contribution in [3.63, 3.8) is 0 Å². The summed E-state index contributed by atoms with van der Waals surface area (Å²) in [7, 11) is 0. The van der Waals surface area contributed by atoms with Crippen LogP contribution in [0.1, 0.15) is 29.2 Å². The zero-order valence-corrected chi connectivity index (χ0v) is 17.1. The summed E-state index contributed by atoms with van der Waals surface area (Å²) in [5.41, 5.74) is 3.85. The molecule has 0 saturated carbocycles. The minimum atomic E-state index is -0.0847. The molecule has 0 saturated heterocycles. The van der Waals surface area contributed by atoms with Gasteiger partial charge in [0.1, 0.15) is 18.2 Å². The molecule has 30 heavy (non-hydrogen) atoms. The lowest BCUT2D eigenvalue weighted by Gasteiger charge is -2.24. The molecule has 0 aliphatic carbocycles. The van der Waals surface area contributed by atoms with E-state index in [-0.39, 0.29) is 18.4 Å². The summed E-state index contributed by atoms with van der Waals surface area (Å²) in [5.74, 6) is 3.74. The van der Waals surface area contributed by atoms with Crippen molar-refractivity contribution in [2.75, 3.05) is 11.9 Å². The van der Waals surface area contributed by atoms with Crippen molar-refractivity contribution in [2.24, 2.45) is 0 Å². The Balaban J connectivity index is 1.57. The molecule has 2 aromatic heterocycles. The Morgan fingerprint density at radius 3 is 2.83 bits per heavy atom. The largest absolute Gasteiger partial charge is 0.481 e. The number of carbonyl (C=O) groups is 1. The van der Waals surface area contributed by atoms with Crippen molar-refractivity contribution in [3.8, 4) is 23.2 Å². The van der Waals surface area contributed by atoms with Gasteiger partial charge in [-0.25, -0.2) is 4.98 Å². The van der Waals surface area contributed by atoms with Crippen molar-refractivity contribution in [3.05, 3.63) is 65.4 Å². The van der Waals surface area contributed by atoms with Crippen LogP contribution in [0.25, 0.3) is 15.3 Å². The Bertz CT molecular complexity index is 1260. The Morgan fingerprint density at radius 2 is 2.07 bits per heavy atom. The third-order valence-electron chi connectivity index (χ3n) is 5.17. The number of aromatic nitrogens is 3. The van der Waals surface area contributed by atoms with E-state index in [9.17, 15) is 4.79 Å². The molecule has 0 spiro atoms. The quantitative estimate of drug-likeness (QED) is 0.506. The molecule has 0 bridgehead atoms. The van der Waals surface area contributed by atoms with Crippen molar-refractivity contribution in [1.29, 1.82) is 0 Å². The number of nitrogens with zero attached hydrogens (tertiary/aromatic N) is 3. The Morgan fingerprint density at radius 1 is 1.27 bits per heavy atom. The van der Waals surface area contributed by atoms with Crippen molar-refractivity contribution < 1.29 is 9.53 Å². The van der Waals surface area contributed by atoms with Gasteiger partial charge in [0.05, 0.1) is 15.9 Å². The average molecular weight is 414 g/mol. The van der Waals surface area contributed by atoms with E-state index >= 15 is 0 Å². The molecule has 1 atom stereocenters. The molecule has 5 rings (SSSR count). The van der Waals surface area contributed by atoms with E-state index in [1.54, 1.807) is 16.0 Å². The third kappa shape index (κ3) is 3.11. The van der Waals surface area contributed by atoms with Gasteiger partial charge in [0, 0.05) is 17.9 Å². The molecule has 1 N–H and O–H groups in total. The molecular formula is C23H18N4O2S. The molecule has 3 heterocycles. The van der Waals surface area contributed by atoms with Gasteiger partial charge in [-0.2, -0.15) is 9.78 Å². The number of thiazole rings is 1. The lowest BCUT2D eigenvalue weighted by atomic mass is 9.86. The molecule has 1 amide bonds. The lowest BCUT2D eigenvalue weighted by Crippen LogP contribution is -2.24. The highest BCUT2D eigenvalue weighted by Gasteiger charge is 2.33. The smallest absolute Gasteiger partial charge is 0.226 e. The van der Waals surface area contributed by atoms with Crippen LogP contribution in [-0.4, -0.2) is 27.3 Å². The SMILES string of the molecule is C#CCOc1ccc([C@@H]2CC(=O)Nc3c2c(C)nn3-c2nc3ccccc3s2)cc1. The van der Waals surface area contributed by atoms with Crippen LogP contribution in [0.3, 0.4) is 0 Å². The van der Waals surface area contributed by atoms with Gasteiger partial charge in [-0.15, -0.1) is 6.42 Å². The fraction of sp³-hybridized carbons (Fsp3) is 0.174. The molecule has 0 unspecified atom stereocenters. The summed E-state index contributed by atoms with van der Waals surface area (Å²) < 4.78 is 8.30. The zero-order valence-electron chi connectivity index (χ0n) is 16.3. The molecule has 0 fully saturated rings. The zero-order chi connectivity index (χ0) is 20.7. The van der Waals surface area contributed by atoms with Gasteiger partial charge in [-0.1, -0.05) is 41.5 Å². The third-order valence-corrected chi connectivity index (χ3v) is 6.18. The molecule has 148 valence electrons. The number of aryl methyl sites for hydroxylation is 1. The fourth-order valence-corrected chi connectivity index (χ4v) is 4.77. The summed E-state index contributed by atoms with van der Waals surface area (Å²) in [6.07, 6.45) is 5.62. The number of para-hydroxylation sites is 1. The van der Waals surface area contributed by atoms with Crippen LogP contribution in [0.2, 0.25) is 0 Å². The second-order valence-corrected chi connectivity index (χ2v) is 8.10. The first-order valence-electron chi connectivity index (χ1n) is 9.55. The monoisotopic (exact) mass is 414 g/mol. The maximum absolute atomic E-state index is 12.6. The first-order valence-corrected chi connectivity index (χ1v) is 10.4. The number of rotatable bonds is 4. The average Bonchev–Trinajstić information content (AvgIpc) is 3.33. The van der Waals surface area contributed by atoms with Gasteiger partial charge in [0.15, 0.2) is 0 Å². The first kappa shape index (κ1) is 18.4. The van der Waals surface area contributed by atoms with E-state index in [0.29, 0.717) is 18.0 Å². The molecule has 0 radical (unpaired) electrons. The van der Waals surface area contributed by atoms with Gasteiger partial charge in [-0.3, -0.25) is 4.79 Å². The standard InChI is InChI=1S/C23H18N4O2S/c1-3-12-29-16-10-8-15(9-11-16)17-13-20(28)25-22-21(17)14(2)26-27(22)23-24-18-6-4-5-7-19(18)30-23/h1,4-11,17H,12-13H2,2H3,(H,25,28)/t17-/m0/s1. The van der Waals surface area contributed by atoms with Crippen molar-refractivity contribution >= 4 is 33.3 Å². The Labute approximate surface area is 177 Å². The van der Waals surface area contributed by atoms with E-state index in [4.69, 9.17) is 21.2 Å². The number of benzene rings is 2. The van der Waals surface area contributed by atoms with Gasteiger partial charge in [0.2, 0.25) is 11.0 Å². The van der Waals surface area contributed by atoms with Crippen LogP contribution in [0.15, 0.2) is 48.5 Å². The van der Waals surface area contributed by atoms with Crippen molar-refractivity contribution in [2.45, 2.75) is 19.3 Å². The lowest BCUT2D eigenvalue weighted by molar-refractivity contribution is -0.116. The van der Waals surface area contributed by atoms with Crippen LogP contribution >= 0.6 is 11.3 Å². The molecule has 2 aromatic carbocycles. The predicted octanol–water partition coefficient (Wildman–Crippen LogP) is 4.28. The number of hydrogen-bond acceptors (Lipinski definition) is 5. The highest BCUT2D eigenvalue weighted by molar-refractivity contribution is 7.20. The van der Waals surface area contributed by atoms with E-state index in [2.05, 4.69) is 11.2 Å².